The summed E-state index contributed by atoms with van der Waals surface area (Å²) in [5.74, 6) is -0.281. The number of rotatable bonds is 7. The van der Waals surface area contributed by atoms with E-state index in [4.69, 9.17) is 9.47 Å². The van der Waals surface area contributed by atoms with Crippen LogP contribution >= 0.6 is 0 Å². The molecule has 0 N–H and O–H groups in total. The minimum Gasteiger partial charge on any atom is -0.484 e. The van der Waals surface area contributed by atoms with E-state index in [2.05, 4.69) is 0 Å². The fourth-order valence-corrected chi connectivity index (χ4v) is 3.09. The third-order valence-electron chi connectivity index (χ3n) is 4.54. The number of carbonyl (C=O) groups is 1. The number of amides is 1. The van der Waals surface area contributed by atoms with E-state index >= 15 is 0 Å². The van der Waals surface area contributed by atoms with Crippen LogP contribution in [0.25, 0.3) is 0 Å². The van der Waals surface area contributed by atoms with Crippen molar-refractivity contribution in [1.29, 1.82) is 0 Å². The van der Waals surface area contributed by atoms with Crippen LogP contribution in [0.15, 0.2) is 54.6 Å². The van der Waals surface area contributed by atoms with Crippen molar-refractivity contribution in [3.05, 3.63) is 65.7 Å². The van der Waals surface area contributed by atoms with Crippen LogP contribution < -0.4 is 4.74 Å². The maximum atomic E-state index is 12.8. The van der Waals surface area contributed by atoms with E-state index in [1.54, 1.807) is 4.90 Å². The number of hydrogen-bond donors (Lipinski definition) is 0. The normalized spacial score (nSPS) is 16.8. The Morgan fingerprint density at radius 1 is 1.14 bits per heavy atom. The van der Waals surface area contributed by atoms with Gasteiger partial charge in [0, 0.05) is 19.7 Å². The summed E-state index contributed by atoms with van der Waals surface area (Å²) in [5, 5.41) is 0. The van der Waals surface area contributed by atoms with Crippen LogP contribution in [0, 0.1) is 0 Å². The summed E-state index contributed by atoms with van der Waals surface area (Å²) in [4.78, 5) is 14.4. The molecule has 1 atom stereocenters. The van der Waals surface area contributed by atoms with Gasteiger partial charge in [-0.15, -0.1) is 0 Å². The number of alkyl halides is 3. The van der Waals surface area contributed by atoms with Crippen LogP contribution in [0.1, 0.15) is 24.0 Å². The number of ether oxygens (including phenoxy) is 2. The Morgan fingerprint density at radius 3 is 2.61 bits per heavy atom. The zero-order valence-electron chi connectivity index (χ0n) is 15.3. The van der Waals surface area contributed by atoms with Gasteiger partial charge in [-0.05, 0) is 36.6 Å². The minimum absolute atomic E-state index is 0.0138. The van der Waals surface area contributed by atoms with Gasteiger partial charge in [-0.3, -0.25) is 4.79 Å². The molecule has 4 nitrogen and oxygen atoms in total. The van der Waals surface area contributed by atoms with E-state index < -0.39 is 11.7 Å². The van der Waals surface area contributed by atoms with Gasteiger partial charge in [0.1, 0.15) is 5.75 Å². The molecule has 2 aromatic carbocycles. The molecule has 1 fully saturated rings. The summed E-state index contributed by atoms with van der Waals surface area (Å²) >= 11 is 0. The molecule has 1 unspecified atom stereocenters. The maximum absolute atomic E-state index is 12.8. The highest BCUT2D eigenvalue weighted by Gasteiger charge is 2.30. The van der Waals surface area contributed by atoms with Crippen molar-refractivity contribution in [3.8, 4) is 5.75 Å². The van der Waals surface area contributed by atoms with Crippen molar-refractivity contribution in [2.75, 3.05) is 19.8 Å². The van der Waals surface area contributed by atoms with Gasteiger partial charge < -0.3 is 14.4 Å². The molecule has 150 valence electrons. The van der Waals surface area contributed by atoms with Crippen molar-refractivity contribution in [3.63, 3.8) is 0 Å². The third-order valence-corrected chi connectivity index (χ3v) is 4.54. The molecule has 1 heterocycles. The summed E-state index contributed by atoms with van der Waals surface area (Å²) in [6.07, 6.45) is -2.64. The Hall–Kier alpha value is -2.54. The molecule has 3 rings (SSSR count). The Balaban J connectivity index is 1.65. The van der Waals surface area contributed by atoms with Crippen LogP contribution in [0.5, 0.6) is 5.75 Å². The zero-order valence-corrected chi connectivity index (χ0v) is 15.3. The quantitative estimate of drug-likeness (QED) is 0.704. The monoisotopic (exact) mass is 393 g/mol. The molecule has 1 aliphatic rings. The van der Waals surface area contributed by atoms with Gasteiger partial charge in [0.05, 0.1) is 11.7 Å². The Bertz CT molecular complexity index is 774. The second-order valence-electron chi connectivity index (χ2n) is 6.71. The fraction of sp³-hybridized carbons (Fsp3) is 0.381. The predicted octanol–water partition coefficient (Wildman–Crippen LogP) is 4.29. The highest BCUT2D eigenvalue weighted by molar-refractivity contribution is 5.77. The predicted molar refractivity (Wildman–Crippen MR) is 97.8 cm³/mol. The fourth-order valence-electron chi connectivity index (χ4n) is 3.09. The summed E-state index contributed by atoms with van der Waals surface area (Å²) in [7, 11) is 0. The zero-order chi connectivity index (χ0) is 20.0. The van der Waals surface area contributed by atoms with E-state index in [1.807, 2.05) is 30.3 Å². The number of benzene rings is 2. The van der Waals surface area contributed by atoms with Crippen LogP contribution in [-0.2, 0) is 22.3 Å². The largest absolute Gasteiger partial charge is 0.484 e. The lowest BCUT2D eigenvalue weighted by Gasteiger charge is -2.25. The van der Waals surface area contributed by atoms with Gasteiger partial charge in [-0.25, -0.2) is 0 Å². The highest BCUT2D eigenvalue weighted by atomic mass is 19.4. The lowest BCUT2D eigenvalue weighted by molar-refractivity contribution is -0.137. The van der Waals surface area contributed by atoms with Crippen molar-refractivity contribution >= 4 is 5.91 Å². The van der Waals surface area contributed by atoms with Gasteiger partial charge in [0.15, 0.2) is 6.61 Å². The van der Waals surface area contributed by atoms with Crippen molar-refractivity contribution in [2.45, 2.75) is 31.7 Å². The van der Waals surface area contributed by atoms with Crippen LogP contribution in [-0.4, -0.2) is 36.7 Å². The second kappa shape index (κ2) is 9.10. The number of hydrogen-bond acceptors (Lipinski definition) is 3. The summed E-state index contributed by atoms with van der Waals surface area (Å²) in [5.41, 5.74) is 0.158. The molecule has 28 heavy (non-hydrogen) atoms. The average Bonchev–Trinajstić information content (AvgIpc) is 3.19. The van der Waals surface area contributed by atoms with Crippen molar-refractivity contribution < 1.29 is 27.4 Å². The van der Waals surface area contributed by atoms with Crippen molar-refractivity contribution in [2.24, 2.45) is 0 Å². The van der Waals surface area contributed by atoms with Crippen LogP contribution in [0.4, 0.5) is 13.2 Å². The van der Waals surface area contributed by atoms with Crippen LogP contribution in [0.3, 0.4) is 0 Å². The van der Waals surface area contributed by atoms with Gasteiger partial charge in [0.25, 0.3) is 5.91 Å². The molecular formula is C21H22F3NO3. The van der Waals surface area contributed by atoms with E-state index in [9.17, 15) is 18.0 Å². The van der Waals surface area contributed by atoms with Gasteiger partial charge >= 0.3 is 6.18 Å². The number of nitrogens with zero attached hydrogens (tertiary/aromatic N) is 1. The van der Waals surface area contributed by atoms with Gasteiger partial charge in [-0.1, -0.05) is 36.4 Å². The first-order valence-corrected chi connectivity index (χ1v) is 9.15. The van der Waals surface area contributed by atoms with Crippen LogP contribution in [0.2, 0.25) is 0 Å². The number of halogens is 3. The molecule has 1 saturated heterocycles. The Morgan fingerprint density at radius 2 is 1.93 bits per heavy atom. The molecule has 2 aromatic rings. The molecule has 1 amide bonds. The second-order valence-corrected chi connectivity index (χ2v) is 6.71. The molecule has 0 aromatic heterocycles. The lowest BCUT2D eigenvalue weighted by Crippen LogP contribution is -2.39. The molecule has 0 aliphatic carbocycles. The topological polar surface area (TPSA) is 38.8 Å². The van der Waals surface area contributed by atoms with E-state index in [0.29, 0.717) is 19.7 Å². The van der Waals surface area contributed by atoms with Crippen molar-refractivity contribution in [1.82, 2.24) is 4.90 Å². The minimum atomic E-state index is -4.46. The third kappa shape index (κ3) is 5.73. The Kier molecular flexibility index (Phi) is 6.57. The maximum Gasteiger partial charge on any atom is 0.416 e. The molecule has 0 spiro atoms. The molecule has 0 bridgehead atoms. The lowest BCUT2D eigenvalue weighted by atomic mass is 10.2. The summed E-state index contributed by atoms with van der Waals surface area (Å²) in [6, 6.07) is 14.1. The summed E-state index contributed by atoms with van der Waals surface area (Å²) in [6.45, 7) is 1.17. The standard InChI is InChI=1S/C21H22F3NO3/c22-21(23,24)17-8-4-9-18(12-17)28-15-20(26)25(14-19-10-5-11-27-19)13-16-6-2-1-3-7-16/h1-4,6-9,12,19H,5,10-11,13-15H2. The first-order chi connectivity index (χ1) is 13.4. The smallest absolute Gasteiger partial charge is 0.416 e. The first kappa shape index (κ1) is 20.2. The Labute approximate surface area is 161 Å². The van der Waals surface area contributed by atoms with Gasteiger partial charge in [0.2, 0.25) is 0 Å². The van der Waals surface area contributed by atoms with E-state index in [0.717, 1.165) is 30.5 Å². The molecule has 7 heteroatoms. The molecule has 0 radical (unpaired) electrons. The molecule has 0 saturated carbocycles. The average molecular weight is 393 g/mol. The van der Waals surface area contributed by atoms with Gasteiger partial charge in [-0.2, -0.15) is 13.2 Å². The summed E-state index contributed by atoms with van der Waals surface area (Å²) < 4.78 is 49.4. The number of carbonyl (C=O) groups excluding carboxylic acids is 1. The molecular weight excluding hydrogens is 371 g/mol. The SMILES string of the molecule is O=C(COc1cccc(C(F)(F)F)c1)N(Cc1ccccc1)CC1CCCO1. The highest BCUT2D eigenvalue weighted by Crippen LogP contribution is 2.31. The first-order valence-electron chi connectivity index (χ1n) is 9.15. The van der Waals surface area contributed by atoms with E-state index in [1.165, 1.54) is 12.1 Å². The van der Waals surface area contributed by atoms with E-state index in [-0.39, 0.29) is 24.4 Å². The molecule has 1 aliphatic heterocycles.